The van der Waals surface area contributed by atoms with E-state index in [4.69, 9.17) is 0 Å². The first-order valence-electron chi connectivity index (χ1n) is 6.76. The molecule has 2 aromatic carbocycles. The van der Waals surface area contributed by atoms with Crippen molar-refractivity contribution >= 4 is 10.8 Å². The highest BCUT2D eigenvalue weighted by molar-refractivity contribution is 5.87. The van der Waals surface area contributed by atoms with Gasteiger partial charge in [0.05, 0.1) is 0 Å². The van der Waals surface area contributed by atoms with Crippen molar-refractivity contribution in [1.82, 2.24) is 4.90 Å². The summed E-state index contributed by atoms with van der Waals surface area (Å²) < 4.78 is 0. The second kappa shape index (κ2) is 4.99. The number of phenols is 1. The van der Waals surface area contributed by atoms with Gasteiger partial charge in [0.25, 0.3) is 0 Å². The van der Waals surface area contributed by atoms with Crippen LogP contribution in [0.15, 0.2) is 36.4 Å². The summed E-state index contributed by atoms with van der Waals surface area (Å²) in [5, 5.41) is 12.2. The average molecular weight is 241 g/mol. The molecule has 0 atom stereocenters. The molecule has 3 rings (SSSR count). The molecule has 0 amide bonds. The van der Waals surface area contributed by atoms with Crippen LogP contribution in [0.2, 0.25) is 0 Å². The van der Waals surface area contributed by atoms with Crippen molar-refractivity contribution in [2.45, 2.75) is 19.3 Å². The predicted molar refractivity (Wildman–Crippen MR) is 75.0 cm³/mol. The van der Waals surface area contributed by atoms with E-state index in [1.54, 1.807) is 0 Å². The Bertz CT molecular complexity index is 544. The number of benzene rings is 2. The highest BCUT2D eigenvalue weighted by Gasteiger charge is 2.12. The number of hydrogen-bond donors (Lipinski definition) is 1. The number of likely N-dealkylation sites (tertiary alicyclic amines) is 1. The maximum atomic E-state index is 9.79. The molecule has 18 heavy (non-hydrogen) atoms. The molecule has 0 spiro atoms. The Morgan fingerprint density at radius 1 is 1.06 bits per heavy atom. The van der Waals surface area contributed by atoms with Crippen molar-refractivity contribution in [3.05, 3.63) is 42.0 Å². The van der Waals surface area contributed by atoms with Crippen molar-refractivity contribution in [1.29, 1.82) is 0 Å². The van der Waals surface area contributed by atoms with Crippen LogP contribution in [0.5, 0.6) is 5.75 Å². The number of fused-ring (bicyclic) bond motifs is 1. The van der Waals surface area contributed by atoms with E-state index in [0.29, 0.717) is 5.75 Å². The number of aromatic hydroxyl groups is 1. The smallest absolute Gasteiger partial charge is 0.116 e. The summed E-state index contributed by atoms with van der Waals surface area (Å²) in [5.74, 6) is 0.380. The van der Waals surface area contributed by atoms with Crippen molar-refractivity contribution in [2.75, 3.05) is 19.6 Å². The molecule has 1 saturated heterocycles. The van der Waals surface area contributed by atoms with Crippen LogP contribution in [0.4, 0.5) is 0 Å². The van der Waals surface area contributed by atoms with Gasteiger partial charge in [-0.2, -0.15) is 0 Å². The van der Waals surface area contributed by atoms with E-state index < -0.39 is 0 Å². The van der Waals surface area contributed by atoms with Gasteiger partial charge >= 0.3 is 0 Å². The zero-order valence-electron chi connectivity index (χ0n) is 10.6. The number of rotatable bonds is 3. The fourth-order valence-electron chi connectivity index (χ4n) is 2.86. The third-order valence-corrected chi connectivity index (χ3v) is 3.83. The van der Waals surface area contributed by atoms with Gasteiger partial charge in [0.2, 0.25) is 0 Å². The highest BCUT2D eigenvalue weighted by Crippen LogP contribution is 2.25. The first kappa shape index (κ1) is 11.5. The van der Waals surface area contributed by atoms with Crippen LogP contribution in [0, 0.1) is 0 Å². The third-order valence-electron chi connectivity index (χ3n) is 3.83. The first-order chi connectivity index (χ1) is 8.83. The number of nitrogens with zero attached hydrogens (tertiary/aromatic N) is 1. The van der Waals surface area contributed by atoms with E-state index in [0.717, 1.165) is 18.4 Å². The van der Waals surface area contributed by atoms with Gasteiger partial charge in [-0.05, 0) is 60.8 Å². The lowest BCUT2D eigenvalue weighted by Crippen LogP contribution is -2.21. The molecular weight excluding hydrogens is 222 g/mol. The van der Waals surface area contributed by atoms with Crippen molar-refractivity contribution in [3.8, 4) is 5.75 Å². The molecule has 0 bridgehead atoms. The predicted octanol–water partition coefficient (Wildman–Crippen LogP) is 3.18. The molecule has 1 aliphatic heterocycles. The molecule has 0 aromatic heterocycles. The van der Waals surface area contributed by atoms with Gasteiger partial charge in [-0.3, -0.25) is 0 Å². The van der Waals surface area contributed by atoms with Gasteiger partial charge in [-0.15, -0.1) is 0 Å². The summed E-state index contributed by atoms with van der Waals surface area (Å²) >= 11 is 0. The Balaban J connectivity index is 1.85. The second-order valence-corrected chi connectivity index (χ2v) is 5.12. The van der Waals surface area contributed by atoms with Crippen LogP contribution in [0.1, 0.15) is 18.4 Å². The molecule has 2 heteroatoms. The van der Waals surface area contributed by atoms with E-state index >= 15 is 0 Å². The summed E-state index contributed by atoms with van der Waals surface area (Å²) in [6.45, 7) is 3.57. The monoisotopic (exact) mass is 241 g/mol. The topological polar surface area (TPSA) is 23.5 Å². The first-order valence-corrected chi connectivity index (χ1v) is 6.76. The van der Waals surface area contributed by atoms with Crippen LogP contribution >= 0.6 is 0 Å². The minimum absolute atomic E-state index is 0.380. The molecule has 2 aromatic rings. The zero-order valence-corrected chi connectivity index (χ0v) is 10.6. The molecule has 2 nitrogen and oxygen atoms in total. The van der Waals surface area contributed by atoms with E-state index in [1.165, 1.54) is 36.9 Å². The highest BCUT2D eigenvalue weighted by atomic mass is 16.3. The van der Waals surface area contributed by atoms with Crippen molar-refractivity contribution in [3.63, 3.8) is 0 Å². The van der Waals surface area contributed by atoms with Gasteiger partial charge in [-0.25, -0.2) is 0 Å². The van der Waals surface area contributed by atoms with Crippen LogP contribution in [0.3, 0.4) is 0 Å². The van der Waals surface area contributed by atoms with Gasteiger partial charge in [-0.1, -0.05) is 24.3 Å². The fourth-order valence-corrected chi connectivity index (χ4v) is 2.86. The van der Waals surface area contributed by atoms with E-state index in [1.807, 2.05) is 18.2 Å². The Labute approximate surface area is 108 Å². The van der Waals surface area contributed by atoms with Crippen molar-refractivity contribution in [2.24, 2.45) is 0 Å². The lowest BCUT2D eigenvalue weighted by atomic mass is 10.0. The van der Waals surface area contributed by atoms with E-state index in [-0.39, 0.29) is 0 Å². The molecule has 0 saturated carbocycles. The number of hydrogen-bond acceptors (Lipinski definition) is 2. The van der Waals surface area contributed by atoms with Gasteiger partial charge < -0.3 is 10.0 Å². The maximum absolute atomic E-state index is 9.79. The standard InChI is InChI=1S/C16H19NO/c18-15-11-13-5-1-2-6-16(13)14(12-15)7-10-17-8-3-4-9-17/h1-2,5-6,11-12,18H,3-4,7-10H2. The van der Waals surface area contributed by atoms with Crippen LogP contribution in [-0.4, -0.2) is 29.6 Å². The Morgan fingerprint density at radius 2 is 1.83 bits per heavy atom. The van der Waals surface area contributed by atoms with Gasteiger partial charge in [0, 0.05) is 6.54 Å². The van der Waals surface area contributed by atoms with E-state index in [9.17, 15) is 5.11 Å². The van der Waals surface area contributed by atoms with Crippen LogP contribution in [-0.2, 0) is 6.42 Å². The van der Waals surface area contributed by atoms with E-state index in [2.05, 4.69) is 23.1 Å². The molecule has 1 aliphatic rings. The largest absolute Gasteiger partial charge is 0.508 e. The minimum atomic E-state index is 0.380. The van der Waals surface area contributed by atoms with Crippen LogP contribution < -0.4 is 0 Å². The lowest BCUT2D eigenvalue weighted by molar-refractivity contribution is 0.343. The lowest BCUT2D eigenvalue weighted by Gasteiger charge is -2.15. The summed E-state index contributed by atoms with van der Waals surface area (Å²) in [6.07, 6.45) is 3.69. The molecule has 1 N–H and O–H groups in total. The van der Waals surface area contributed by atoms with Crippen molar-refractivity contribution < 1.29 is 5.11 Å². The molecule has 0 radical (unpaired) electrons. The quantitative estimate of drug-likeness (QED) is 0.892. The van der Waals surface area contributed by atoms with Gasteiger partial charge in [0.1, 0.15) is 5.75 Å². The molecular formula is C16H19NO. The Kier molecular flexibility index (Phi) is 3.20. The molecule has 1 fully saturated rings. The van der Waals surface area contributed by atoms with Gasteiger partial charge in [0.15, 0.2) is 0 Å². The fraction of sp³-hybridized carbons (Fsp3) is 0.375. The Morgan fingerprint density at radius 3 is 2.67 bits per heavy atom. The maximum Gasteiger partial charge on any atom is 0.116 e. The molecule has 94 valence electrons. The molecule has 0 aliphatic carbocycles. The molecule has 0 unspecified atom stereocenters. The number of phenolic OH excluding ortho intramolecular Hbond substituents is 1. The molecule has 1 heterocycles. The SMILES string of the molecule is Oc1cc(CCN2CCCC2)c2ccccc2c1. The summed E-state index contributed by atoms with van der Waals surface area (Å²) in [4.78, 5) is 2.51. The normalized spacial score (nSPS) is 16.4. The Hall–Kier alpha value is -1.54. The second-order valence-electron chi connectivity index (χ2n) is 5.12. The van der Waals surface area contributed by atoms with Crippen LogP contribution in [0.25, 0.3) is 10.8 Å². The summed E-state index contributed by atoms with van der Waals surface area (Å²) in [6, 6.07) is 12.1. The third kappa shape index (κ3) is 2.34. The zero-order chi connectivity index (χ0) is 12.4. The average Bonchev–Trinajstić information content (AvgIpc) is 2.89. The minimum Gasteiger partial charge on any atom is -0.508 e. The summed E-state index contributed by atoms with van der Waals surface area (Å²) in [5.41, 5.74) is 1.26. The summed E-state index contributed by atoms with van der Waals surface area (Å²) in [7, 11) is 0.